The van der Waals surface area contributed by atoms with Crippen LogP contribution in [0.4, 0.5) is 0 Å². The molecule has 0 aliphatic carbocycles. The van der Waals surface area contributed by atoms with E-state index in [1.54, 1.807) is 42.5 Å². The van der Waals surface area contributed by atoms with Gasteiger partial charge in [0.2, 0.25) is 6.10 Å². The quantitative estimate of drug-likeness (QED) is 0.560. The summed E-state index contributed by atoms with van der Waals surface area (Å²) in [5.41, 5.74) is 2.41. The first-order chi connectivity index (χ1) is 13.1. The average molecular weight is 380 g/mol. The van der Waals surface area contributed by atoms with E-state index in [1.807, 2.05) is 30.3 Å². The first-order valence-corrected chi connectivity index (χ1v) is 8.56. The molecule has 0 unspecified atom stereocenters. The Morgan fingerprint density at radius 3 is 2.22 bits per heavy atom. The van der Waals surface area contributed by atoms with E-state index in [4.69, 9.17) is 16.3 Å². The molecule has 1 aromatic heterocycles. The summed E-state index contributed by atoms with van der Waals surface area (Å²) in [6, 6.07) is 21.1. The largest absolute Gasteiger partial charge is 0.478 e. The van der Waals surface area contributed by atoms with Crippen LogP contribution in [-0.4, -0.2) is 26.1 Å². The monoisotopic (exact) mass is 379 g/mol. The van der Waals surface area contributed by atoms with E-state index in [9.17, 15) is 9.90 Å². The summed E-state index contributed by atoms with van der Waals surface area (Å²) in [6.07, 6.45) is -1.17. The van der Waals surface area contributed by atoms with Crippen molar-refractivity contribution in [2.24, 2.45) is 0 Å². The summed E-state index contributed by atoms with van der Waals surface area (Å²) in [4.78, 5) is 13.2. The number of carboxylic acid groups (broad SMARTS) is 1. The molecule has 1 N–H and O–H groups in total. The molecule has 0 spiro atoms. The normalized spacial score (nSPS) is 12.0. The Kier molecular flexibility index (Phi) is 4.48. The molecule has 1 atom stereocenters. The molecule has 0 bridgehead atoms. The Hall–Kier alpha value is -3.38. The van der Waals surface area contributed by atoms with E-state index < -0.39 is 12.1 Å². The summed E-state index contributed by atoms with van der Waals surface area (Å²) >= 11 is 6.14. The van der Waals surface area contributed by atoms with E-state index in [1.165, 1.54) is 4.80 Å². The second kappa shape index (κ2) is 7.09. The van der Waals surface area contributed by atoms with Crippen molar-refractivity contribution in [3.8, 4) is 11.4 Å². The van der Waals surface area contributed by atoms with E-state index in [-0.39, 0.29) is 0 Å². The molecule has 4 aromatic rings. The lowest BCUT2D eigenvalue weighted by atomic mass is 10.1. The molecule has 0 radical (unpaired) electrons. The summed E-state index contributed by atoms with van der Waals surface area (Å²) in [5, 5.41) is 19.0. The SMILES string of the molecule is O=C(O)[C@H](Oc1ccc(Cl)cc1-n1nc2ccccc2n1)c1ccccc1. The number of carboxylic acids is 1. The van der Waals surface area contributed by atoms with Gasteiger partial charge in [-0.25, -0.2) is 4.79 Å². The molecular weight excluding hydrogens is 366 g/mol. The molecule has 1 heterocycles. The number of hydrogen-bond donors (Lipinski definition) is 1. The molecule has 0 saturated carbocycles. The highest BCUT2D eigenvalue weighted by atomic mass is 35.5. The standard InChI is InChI=1S/C20H14ClN3O3/c21-14-10-11-18(27-19(20(25)26)13-6-2-1-3-7-13)17(12-14)24-22-15-8-4-5-9-16(15)23-24/h1-12,19H,(H,25,26)/t19-/m1/s1. The van der Waals surface area contributed by atoms with Gasteiger partial charge in [-0.05, 0) is 30.3 Å². The van der Waals surface area contributed by atoms with Gasteiger partial charge in [0.25, 0.3) is 0 Å². The van der Waals surface area contributed by atoms with Crippen LogP contribution < -0.4 is 4.74 Å². The molecule has 0 saturated heterocycles. The van der Waals surface area contributed by atoms with Gasteiger partial charge in [-0.2, -0.15) is 0 Å². The van der Waals surface area contributed by atoms with Crippen LogP contribution in [0.15, 0.2) is 72.8 Å². The second-order valence-corrected chi connectivity index (χ2v) is 6.27. The molecule has 0 amide bonds. The molecule has 27 heavy (non-hydrogen) atoms. The van der Waals surface area contributed by atoms with Crippen molar-refractivity contribution in [3.63, 3.8) is 0 Å². The maximum Gasteiger partial charge on any atom is 0.349 e. The highest BCUT2D eigenvalue weighted by Gasteiger charge is 2.24. The summed E-state index contributed by atoms with van der Waals surface area (Å²) in [5.74, 6) is -0.781. The van der Waals surface area contributed by atoms with Crippen molar-refractivity contribution in [2.75, 3.05) is 0 Å². The van der Waals surface area contributed by atoms with E-state index in [0.29, 0.717) is 33.1 Å². The van der Waals surface area contributed by atoms with Crippen LogP contribution in [0.2, 0.25) is 5.02 Å². The average Bonchev–Trinajstić information content (AvgIpc) is 3.11. The van der Waals surface area contributed by atoms with Gasteiger partial charge < -0.3 is 9.84 Å². The van der Waals surface area contributed by atoms with Crippen LogP contribution in [0.25, 0.3) is 16.7 Å². The smallest absolute Gasteiger partial charge is 0.349 e. The Bertz CT molecular complexity index is 1080. The van der Waals surface area contributed by atoms with Gasteiger partial charge in [0.1, 0.15) is 22.5 Å². The maximum absolute atomic E-state index is 11.8. The number of rotatable bonds is 5. The fraction of sp³-hybridized carbons (Fsp3) is 0.0500. The summed E-state index contributed by atoms with van der Waals surface area (Å²) in [6.45, 7) is 0. The topological polar surface area (TPSA) is 77.2 Å². The number of carbonyl (C=O) groups is 1. The van der Waals surface area contributed by atoms with Crippen molar-refractivity contribution < 1.29 is 14.6 Å². The number of aliphatic carboxylic acids is 1. The van der Waals surface area contributed by atoms with Gasteiger partial charge in [-0.1, -0.05) is 54.1 Å². The third kappa shape index (κ3) is 3.47. The zero-order valence-electron chi connectivity index (χ0n) is 14.0. The number of hydrogen-bond acceptors (Lipinski definition) is 4. The van der Waals surface area contributed by atoms with Gasteiger partial charge in [0.05, 0.1) is 0 Å². The van der Waals surface area contributed by atoms with Crippen molar-refractivity contribution in [1.29, 1.82) is 0 Å². The predicted molar refractivity (Wildman–Crippen MR) is 101 cm³/mol. The highest BCUT2D eigenvalue weighted by Crippen LogP contribution is 2.30. The third-order valence-electron chi connectivity index (χ3n) is 3.99. The minimum absolute atomic E-state index is 0.316. The van der Waals surface area contributed by atoms with Gasteiger partial charge in [-0.15, -0.1) is 15.0 Å². The molecule has 0 fully saturated rings. The third-order valence-corrected chi connectivity index (χ3v) is 4.23. The summed E-state index contributed by atoms with van der Waals surface area (Å²) in [7, 11) is 0. The fourth-order valence-corrected chi connectivity index (χ4v) is 2.90. The number of nitrogens with zero attached hydrogens (tertiary/aromatic N) is 3. The second-order valence-electron chi connectivity index (χ2n) is 5.84. The Morgan fingerprint density at radius 1 is 0.963 bits per heavy atom. The molecule has 4 rings (SSSR count). The van der Waals surface area contributed by atoms with E-state index in [0.717, 1.165) is 0 Å². The lowest BCUT2D eigenvalue weighted by molar-refractivity contribution is -0.145. The van der Waals surface area contributed by atoms with Crippen LogP contribution in [-0.2, 0) is 4.79 Å². The number of benzene rings is 3. The lowest BCUT2D eigenvalue weighted by Crippen LogP contribution is -2.19. The molecule has 6 nitrogen and oxygen atoms in total. The zero-order chi connectivity index (χ0) is 18.8. The Labute approximate surface area is 159 Å². The van der Waals surface area contributed by atoms with Crippen molar-refractivity contribution in [2.45, 2.75) is 6.10 Å². The predicted octanol–water partition coefficient (Wildman–Crippen LogP) is 4.28. The summed E-state index contributed by atoms with van der Waals surface area (Å²) < 4.78 is 5.84. The minimum atomic E-state index is -1.17. The number of ether oxygens (including phenoxy) is 1. The van der Waals surface area contributed by atoms with Crippen LogP contribution in [0.1, 0.15) is 11.7 Å². The molecule has 134 valence electrons. The molecular formula is C20H14ClN3O3. The van der Waals surface area contributed by atoms with Crippen molar-refractivity contribution in [1.82, 2.24) is 15.0 Å². The van der Waals surface area contributed by atoms with Crippen LogP contribution >= 0.6 is 11.6 Å². The number of aromatic nitrogens is 3. The molecule has 0 aliphatic rings. The highest BCUT2D eigenvalue weighted by molar-refractivity contribution is 6.30. The van der Waals surface area contributed by atoms with E-state index in [2.05, 4.69) is 10.2 Å². The fourth-order valence-electron chi connectivity index (χ4n) is 2.73. The van der Waals surface area contributed by atoms with Crippen LogP contribution in [0.3, 0.4) is 0 Å². The van der Waals surface area contributed by atoms with Crippen LogP contribution in [0.5, 0.6) is 5.75 Å². The van der Waals surface area contributed by atoms with Crippen molar-refractivity contribution >= 4 is 28.6 Å². The van der Waals surface area contributed by atoms with Crippen molar-refractivity contribution in [3.05, 3.63) is 83.4 Å². The van der Waals surface area contributed by atoms with Gasteiger partial charge in [-0.3, -0.25) is 0 Å². The van der Waals surface area contributed by atoms with E-state index >= 15 is 0 Å². The first kappa shape index (κ1) is 17.1. The molecule has 0 aliphatic heterocycles. The maximum atomic E-state index is 11.8. The molecule has 3 aromatic carbocycles. The number of halogens is 1. The van der Waals surface area contributed by atoms with Crippen LogP contribution in [0, 0.1) is 0 Å². The van der Waals surface area contributed by atoms with Gasteiger partial charge in [0, 0.05) is 10.6 Å². The van der Waals surface area contributed by atoms with Gasteiger partial charge >= 0.3 is 5.97 Å². The molecule has 7 heteroatoms. The Morgan fingerprint density at radius 2 is 1.59 bits per heavy atom. The Balaban J connectivity index is 1.78. The minimum Gasteiger partial charge on any atom is -0.478 e. The lowest BCUT2D eigenvalue weighted by Gasteiger charge is -2.17. The first-order valence-electron chi connectivity index (χ1n) is 8.18. The number of fused-ring (bicyclic) bond motifs is 1. The van der Waals surface area contributed by atoms with Gasteiger partial charge in [0.15, 0.2) is 0 Å². The zero-order valence-corrected chi connectivity index (χ0v) is 14.7.